The maximum Gasteiger partial charge on any atom is 0.153 e. The monoisotopic (exact) mass is 182 g/mol. The molecular weight excluding hydrogens is 164 g/mol. The van der Waals surface area contributed by atoms with Gasteiger partial charge in [-0.05, 0) is 5.92 Å². The van der Waals surface area contributed by atoms with Crippen LogP contribution in [0, 0.1) is 5.92 Å². The van der Waals surface area contributed by atoms with Crippen molar-refractivity contribution in [3.8, 4) is 0 Å². The summed E-state index contributed by atoms with van der Waals surface area (Å²) in [6.07, 6.45) is 0. The van der Waals surface area contributed by atoms with Gasteiger partial charge >= 0.3 is 0 Å². The van der Waals surface area contributed by atoms with Gasteiger partial charge in [0.1, 0.15) is 5.82 Å². The standard InChI is InChI=1S/C9H18N4/c1-5(2)7(10)9-11-8(6(3)4)12-13-9/h5-7H,10H2,1-4H3,(H,11,12,13)/t7-/m0/s1. The van der Waals surface area contributed by atoms with Gasteiger partial charge in [0.15, 0.2) is 5.82 Å². The fourth-order valence-corrected chi connectivity index (χ4v) is 1.01. The summed E-state index contributed by atoms with van der Waals surface area (Å²) in [4.78, 5) is 4.34. The Kier molecular flexibility index (Phi) is 3.03. The molecule has 0 aliphatic rings. The van der Waals surface area contributed by atoms with Crippen LogP contribution in [0.3, 0.4) is 0 Å². The number of H-pyrrole nitrogens is 1. The van der Waals surface area contributed by atoms with Crippen LogP contribution in [-0.4, -0.2) is 15.2 Å². The summed E-state index contributed by atoms with van der Waals surface area (Å²) in [5, 5.41) is 6.99. The molecule has 0 radical (unpaired) electrons. The predicted octanol–water partition coefficient (Wildman–Crippen LogP) is 1.58. The first kappa shape index (κ1) is 10.2. The van der Waals surface area contributed by atoms with E-state index < -0.39 is 0 Å². The van der Waals surface area contributed by atoms with Crippen molar-refractivity contribution in [2.24, 2.45) is 11.7 Å². The third-order valence-corrected chi connectivity index (χ3v) is 2.07. The normalized spacial score (nSPS) is 14.1. The van der Waals surface area contributed by atoms with Gasteiger partial charge in [-0.1, -0.05) is 27.7 Å². The molecule has 0 aliphatic heterocycles. The number of hydrogen-bond acceptors (Lipinski definition) is 3. The van der Waals surface area contributed by atoms with Crippen molar-refractivity contribution in [1.29, 1.82) is 0 Å². The Balaban J connectivity index is 2.79. The van der Waals surface area contributed by atoms with Gasteiger partial charge in [-0.15, -0.1) is 0 Å². The van der Waals surface area contributed by atoms with Crippen molar-refractivity contribution in [3.05, 3.63) is 11.6 Å². The number of aromatic nitrogens is 3. The Morgan fingerprint density at radius 2 is 1.85 bits per heavy atom. The Hall–Kier alpha value is -0.900. The van der Waals surface area contributed by atoms with E-state index in [0.717, 1.165) is 11.6 Å². The highest BCUT2D eigenvalue weighted by Gasteiger charge is 2.15. The number of aromatic amines is 1. The number of nitrogens with two attached hydrogens (primary N) is 1. The molecule has 1 aromatic heterocycles. The van der Waals surface area contributed by atoms with Crippen LogP contribution in [0.2, 0.25) is 0 Å². The van der Waals surface area contributed by atoms with Crippen LogP contribution < -0.4 is 5.73 Å². The van der Waals surface area contributed by atoms with Crippen molar-refractivity contribution < 1.29 is 0 Å². The minimum Gasteiger partial charge on any atom is -0.321 e. The average molecular weight is 182 g/mol. The van der Waals surface area contributed by atoms with Gasteiger partial charge in [0.25, 0.3) is 0 Å². The molecule has 74 valence electrons. The number of hydrogen-bond donors (Lipinski definition) is 2. The molecule has 1 atom stereocenters. The quantitative estimate of drug-likeness (QED) is 0.745. The smallest absolute Gasteiger partial charge is 0.153 e. The van der Waals surface area contributed by atoms with E-state index in [1.54, 1.807) is 0 Å². The van der Waals surface area contributed by atoms with E-state index in [9.17, 15) is 0 Å². The predicted molar refractivity (Wildman–Crippen MR) is 52.2 cm³/mol. The average Bonchev–Trinajstić information content (AvgIpc) is 2.50. The van der Waals surface area contributed by atoms with E-state index >= 15 is 0 Å². The van der Waals surface area contributed by atoms with Crippen LogP contribution in [0.25, 0.3) is 0 Å². The summed E-state index contributed by atoms with van der Waals surface area (Å²) in [6, 6.07) is -0.0417. The first-order valence-electron chi connectivity index (χ1n) is 4.70. The first-order valence-corrected chi connectivity index (χ1v) is 4.70. The minimum atomic E-state index is -0.0417. The van der Waals surface area contributed by atoms with Crippen molar-refractivity contribution in [2.75, 3.05) is 0 Å². The summed E-state index contributed by atoms with van der Waals surface area (Å²) >= 11 is 0. The lowest BCUT2D eigenvalue weighted by Gasteiger charge is -2.11. The molecule has 0 bridgehead atoms. The minimum absolute atomic E-state index is 0.0417. The SMILES string of the molecule is CC(C)c1n[nH]c([C@@H](N)C(C)C)n1. The van der Waals surface area contributed by atoms with E-state index in [1.807, 2.05) is 0 Å². The lowest BCUT2D eigenvalue weighted by molar-refractivity contribution is 0.491. The van der Waals surface area contributed by atoms with Crippen molar-refractivity contribution in [1.82, 2.24) is 15.2 Å². The van der Waals surface area contributed by atoms with Crippen LogP contribution >= 0.6 is 0 Å². The third-order valence-electron chi connectivity index (χ3n) is 2.07. The molecule has 0 unspecified atom stereocenters. The maximum absolute atomic E-state index is 5.92. The van der Waals surface area contributed by atoms with E-state index in [-0.39, 0.29) is 6.04 Å². The van der Waals surface area contributed by atoms with Gasteiger partial charge in [0, 0.05) is 5.92 Å². The Labute approximate surface area is 78.9 Å². The summed E-state index contributed by atoms with van der Waals surface area (Å²) in [5.74, 6) is 2.36. The fourth-order valence-electron chi connectivity index (χ4n) is 1.01. The number of nitrogens with zero attached hydrogens (tertiary/aromatic N) is 2. The molecule has 0 spiro atoms. The van der Waals surface area contributed by atoms with Crippen LogP contribution in [0.4, 0.5) is 0 Å². The molecule has 3 N–H and O–H groups in total. The lowest BCUT2D eigenvalue weighted by atomic mass is 10.1. The molecular formula is C9H18N4. The van der Waals surface area contributed by atoms with Gasteiger partial charge < -0.3 is 5.73 Å². The van der Waals surface area contributed by atoms with Crippen LogP contribution in [0.1, 0.15) is 51.3 Å². The van der Waals surface area contributed by atoms with Crippen molar-refractivity contribution in [3.63, 3.8) is 0 Å². The van der Waals surface area contributed by atoms with E-state index in [1.165, 1.54) is 0 Å². The van der Waals surface area contributed by atoms with Gasteiger partial charge in [-0.2, -0.15) is 5.10 Å². The zero-order valence-electron chi connectivity index (χ0n) is 8.70. The highest BCUT2D eigenvalue weighted by molar-refractivity contribution is 4.99. The summed E-state index contributed by atoms with van der Waals surface area (Å²) in [5.41, 5.74) is 5.92. The molecule has 1 heterocycles. The summed E-state index contributed by atoms with van der Waals surface area (Å²) < 4.78 is 0. The molecule has 0 fully saturated rings. The molecule has 0 aliphatic carbocycles. The highest BCUT2D eigenvalue weighted by Crippen LogP contribution is 2.16. The second-order valence-electron chi connectivity index (χ2n) is 4.00. The molecule has 0 saturated heterocycles. The topological polar surface area (TPSA) is 67.6 Å². The summed E-state index contributed by atoms with van der Waals surface area (Å²) in [7, 11) is 0. The van der Waals surface area contributed by atoms with E-state index in [2.05, 4.69) is 42.9 Å². The number of nitrogens with one attached hydrogen (secondary N) is 1. The van der Waals surface area contributed by atoms with E-state index in [0.29, 0.717) is 11.8 Å². The highest BCUT2D eigenvalue weighted by atomic mass is 15.2. The molecule has 4 heteroatoms. The third kappa shape index (κ3) is 2.28. The maximum atomic E-state index is 5.92. The van der Waals surface area contributed by atoms with Crippen LogP contribution in [0.5, 0.6) is 0 Å². The second kappa shape index (κ2) is 3.87. The number of rotatable bonds is 3. The molecule has 0 aromatic carbocycles. The molecule has 0 saturated carbocycles. The van der Waals surface area contributed by atoms with Crippen molar-refractivity contribution in [2.45, 2.75) is 39.7 Å². The molecule has 13 heavy (non-hydrogen) atoms. The van der Waals surface area contributed by atoms with Crippen LogP contribution in [-0.2, 0) is 0 Å². The lowest BCUT2D eigenvalue weighted by Crippen LogP contribution is -2.18. The van der Waals surface area contributed by atoms with Crippen LogP contribution in [0.15, 0.2) is 0 Å². The van der Waals surface area contributed by atoms with Gasteiger partial charge in [0.05, 0.1) is 6.04 Å². The molecule has 1 rings (SSSR count). The van der Waals surface area contributed by atoms with E-state index in [4.69, 9.17) is 5.73 Å². The zero-order chi connectivity index (χ0) is 10.0. The summed E-state index contributed by atoms with van der Waals surface area (Å²) in [6.45, 7) is 8.27. The van der Waals surface area contributed by atoms with Gasteiger partial charge in [-0.3, -0.25) is 5.10 Å². The van der Waals surface area contributed by atoms with Gasteiger partial charge in [0.2, 0.25) is 0 Å². The van der Waals surface area contributed by atoms with Gasteiger partial charge in [-0.25, -0.2) is 4.98 Å². The Morgan fingerprint density at radius 3 is 2.23 bits per heavy atom. The zero-order valence-corrected chi connectivity index (χ0v) is 8.70. The molecule has 0 amide bonds. The Morgan fingerprint density at radius 1 is 1.23 bits per heavy atom. The first-order chi connectivity index (χ1) is 6.02. The Bertz CT molecular complexity index is 264. The largest absolute Gasteiger partial charge is 0.321 e. The fraction of sp³-hybridized carbons (Fsp3) is 0.778. The molecule has 1 aromatic rings. The second-order valence-corrected chi connectivity index (χ2v) is 4.00. The van der Waals surface area contributed by atoms with Crippen molar-refractivity contribution >= 4 is 0 Å². The molecule has 4 nitrogen and oxygen atoms in total.